The van der Waals surface area contributed by atoms with Gasteiger partial charge in [-0.2, -0.15) is 5.10 Å². The van der Waals surface area contributed by atoms with Crippen molar-refractivity contribution in [2.45, 2.75) is 12.8 Å². The molecule has 3 heterocycles. The first-order valence-corrected chi connectivity index (χ1v) is 10.7. The summed E-state index contributed by atoms with van der Waals surface area (Å²) in [6, 6.07) is 21.8. The topological polar surface area (TPSA) is 93.6 Å². The van der Waals surface area contributed by atoms with Gasteiger partial charge in [-0.1, -0.05) is 60.7 Å². The number of likely N-dealkylation sites (tertiary alicyclic amines) is 1. The van der Waals surface area contributed by atoms with E-state index in [0.717, 1.165) is 22.5 Å². The van der Waals surface area contributed by atoms with Crippen LogP contribution in [0.4, 0.5) is 0 Å². The number of amides is 2. The molecule has 0 unspecified atom stereocenters. The lowest BCUT2D eigenvalue weighted by Crippen LogP contribution is -2.41. The van der Waals surface area contributed by atoms with Crippen molar-refractivity contribution in [3.8, 4) is 22.5 Å². The lowest BCUT2D eigenvalue weighted by Gasteiger charge is -2.30. The average molecular weight is 425 g/mol. The minimum absolute atomic E-state index is 0.125. The average Bonchev–Trinajstić information content (AvgIpc) is 3.28. The van der Waals surface area contributed by atoms with Gasteiger partial charge in [-0.15, -0.1) is 0 Å². The van der Waals surface area contributed by atoms with E-state index in [2.05, 4.69) is 5.10 Å². The summed E-state index contributed by atoms with van der Waals surface area (Å²) in [5.41, 5.74) is 10.0. The van der Waals surface area contributed by atoms with Crippen molar-refractivity contribution in [1.29, 1.82) is 0 Å². The van der Waals surface area contributed by atoms with Crippen molar-refractivity contribution < 1.29 is 9.59 Å². The van der Waals surface area contributed by atoms with Gasteiger partial charge < -0.3 is 10.6 Å². The summed E-state index contributed by atoms with van der Waals surface area (Å²) in [4.78, 5) is 31.4. The van der Waals surface area contributed by atoms with E-state index in [4.69, 9.17) is 10.7 Å². The lowest BCUT2D eigenvalue weighted by atomic mass is 9.96. The van der Waals surface area contributed by atoms with E-state index in [1.165, 1.54) is 0 Å². The molecule has 0 bridgehead atoms. The van der Waals surface area contributed by atoms with E-state index in [-0.39, 0.29) is 17.7 Å². The van der Waals surface area contributed by atoms with Crippen molar-refractivity contribution in [2.75, 3.05) is 13.1 Å². The zero-order valence-corrected chi connectivity index (χ0v) is 17.5. The highest BCUT2D eigenvalue weighted by molar-refractivity contribution is 6.00. The maximum absolute atomic E-state index is 13.4. The number of carbonyl (C=O) groups excluding carboxylic acids is 2. The second kappa shape index (κ2) is 8.26. The lowest BCUT2D eigenvalue weighted by molar-refractivity contribution is -0.123. The highest BCUT2D eigenvalue weighted by atomic mass is 16.2. The van der Waals surface area contributed by atoms with Gasteiger partial charge in [0.05, 0.1) is 17.6 Å². The van der Waals surface area contributed by atoms with Gasteiger partial charge >= 0.3 is 0 Å². The Kier molecular flexibility index (Phi) is 5.15. The number of benzene rings is 2. The van der Waals surface area contributed by atoms with Crippen LogP contribution in [0.25, 0.3) is 28.2 Å². The van der Waals surface area contributed by atoms with Gasteiger partial charge in [-0.3, -0.25) is 9.59 Å². The Hall–Kier alpha value is -4.00. The normalized spacial score (nSPS) is 14.6. The second-order valence-corrected chi connectivity index (χ2v) is 8.02. The Morgan fingerprint density at radius 3 is 2.16 bits per heavy atom. The molecule has 0 radical (unpaired) electrons. The molecule has 0 saturated carbocycles. The molecule has 1 saturated heterocycles. The predicted molar refractivity (Wildman–Crippen MR) is 122 cm³/mol. The first-order valence-electron chi connectivity index (χ1n) is 10.7. The molecule has 7 nitrogen and oxygen atoms in total. The molecule has 5 rings (SSSR count). The number of fused-ring (bicyclic) bond motifs is 1. The van der Waals surface area contributed by atoms with Crippen molar-refractivity contribution in [1.82, 2.24) is 19.5 Å². The molecule has 0 spiro atoms. The van der Waals surface area contributed by atoms with Crippen LogP contribution in [0.5, 0.6) is 0 Å². The summed E-state index contributed by atoms with van der Waals surface area (Å²) in [6.45, 7) is 0.987. The summed E-state index contributed by atoms with van der Waals surface area (Å²) in [5, 5.41) is 4.52. The first kappa shape index (κ1) is 19.9. The van der Waals surface area contributed by atoms with Gasteiger partial charge in [0.1, 0.15) is 5.56 Å². The number of hydrogen-bond acceptors (Lipinski definition) is 4. The summed E-state index contributed by atoms with van der Waals surface area (Å²) in [6.07, 6.45) is 2.75. The van der Waals surface area contributed by atoms with E-state index in [1.807, 2.05) is 66.7 Å². The Morgan fingerprint density at radius 1 is 0.906 bits per heavy atom. The van der Waals surface area contributed by atoms with Crippen LogP contribution in [0, 0.1) is 5.92 Å². The molecule has 1 aliphatic rings. The standard InChI is InChI=1S/C25H23N5O2/c26-23(31)19-11-13-29(14-12-19)25(32)20-16-27-30-22(18-9-5-2-6-10-18)15-21(28-24(20)30)17-7-3-1-4-8-17/h1-10,15-16,19H,11-14H2,(H2,26,31). The predicted octanol–water partition coefficient (Wildman–Crippen LogP) is 3.40. The number of carbonyl (C=O) groups is 2. The second-order valence-electron chi connectivity index (χ2n) is 8.02. The minimum Gasteiger partial charge on any atom is -0.369 e. The third-order valence-electron chi connectivity index (χ3n) is 6.03. The van der Waals surface area contributed by atoms with Crippen LogP contribution in [0.2, 0.25) is 0 Å². The Morgan fingerprint density at radius 2 is 1.53 bits per heavy atom. The van der Waals surface area contributed by atoms with Gasteiger partial charge in [0.2, 0.25) is 5.91 Å². The number of primary amides is 1. The SMILES string of the molecule is NC(=O)C1CCN(C(=O)c2cnn3c(-c4ccccc4)cc(-c4ccccc4)nc23)CC1. The maximum Gasteiger partial charge on any atom is 0.259 e. The fourth-order valence-corrected chi connectivity index (χ4v) is 4.22. The van der Waals surface area contributed by atoms with Crippen LogP contribution >= 0.6 is 0 Å². The van der Waals surface area contributed by atoms with E-state index in [1.54, 1.807) is 15.6 Å². The number of aromatic nitrogens is 3. The molecule has 160 valence electrons. The Balaban J connectivity index is 1.59. The molecule has 2 aromatic heterocycles. The molecule has 0 atom stereocenters. The molecule has 4 aromatic rings. The zero-order chi connectivity index (χ0) is 22.1. The number of nitrogens with zero attached hydrogens (tertiary/aromatic N) is 4. The highest BCUT2D eigenvalue weighted by Crippen LogP contribution is 2.28. The Labute approximate surface area is 185 Å². The summed E-state index contributed by atoms with van der Waals surface area (Å²) >= 11 is 0. The van der Waals surface area contributed by atoms with Crippen LogP contribution in [-0.4, -0.2) is 44.4 Å². The molecule has 7 heteroatoms. The van der Waals surface area contributed by atoms with Gasteiger partial charge in [0.25, 0.3) is 5.91 Å². The van der Waals surface area contributed by atoms with Crippen LogP contribution in [0.15, 0.2) is 72.9 Å². The number of nitrogens with two attached hydrogens (primary N) is 1. The van der Waals surface area contributed by atoms with Gasteiger partial charge in [-0.05, 0) is 18.9 Å². The maximum atomic E-state index is 13.4. The van der Waals surface area contributed by atoms with Gasteiger partial charge in [-0.25, -0.2) is 9.50 Å². The van der Waals surface area contributed by atoms with Crippen LogP contribution in [0.1, 0.15) is 23.2 Å². The molecule has 1 aliphatic heterocycles. The number of rotatable bonds is 4. The first-order chi connectivity index (χ1) is 15.6. The van der Waals surface area contributed by atoms with Crippen LogP contribution in [-0.2, 0) is 4.79 Å². The van der Waals surface area contributed by atoms with E-state index >= 15 is 0 Å². The van der Waals surface area contributed by atoms with Crippen molar-refractivity contribution in [3.05, 3.63) is 78.5 Å². The molecule has 1 fully saturated rings. The van der Waals surface area contributed by atoms with E-state index in [0.29, 0.717) is 37.1 Å². The van der Waals surface area contributed by atoms with Gasteiger partial charge in [0, 0.05) is 30.1 Å². The monoisotopic (exact) mass is 425 g/mol. The van der Waals surface area contributed by atoms with Crippen molar-refractivity contribution in [3.63, 3.8) is 0 Å². The molecule has 32 heavy (non-hydrogen) atoms. The molecule has 2 aromatic carbocycles. The van der Waals surface area contributed by atoms with Crippen molar-refractivity contribution >= 4 is 17.5 Å². The summed E-state index contributed by atoms with van der Waals surface area (Å²) in [5.74, 6) is -0.593. The highest BCUT2D eigenvalue weighted by Gasteiger charge is 2.28. The van der Waals surface area contributed by atoms with E-state index in [9.17, 15) is 9.59 Å². The van der Waals surface area contributed by atoms with Crippen LogP contribution in [0.3, 0.4) is 0 Å². The largest absolute Gasteiger partial charge is 0.369 e. The molecular weight excluding hydrogens is 402 g/mol. The molecule has 2 amide bonds. The fourth-order valence-electron chi connectivity index (χ4n) is 4.22. The molecule has 2 N–H and O–H groups in total. The molecular formula is C25H23N5O2. The zero-order valence-electron chi connectivity index (χ0n) is 17.5. The minimum atomic E-state index is -0.297. The third kappa shape index (κ3) is 3.62. The quantitative estimate of drug-likeness (QED) is 0.542. The third-order valence-corrected chi connectivity index (χ3v) is 6.03. The summed E-state index contributed by atoms with van der Waals surface area (Å²) in [7, 11) is 0. The Bertz CT molecular complexity index is 1280. The van der Waals surface area contributed by atoms with Crippen LogP contribution < -0.4 is 5.73 Å². The van der Waals surface area contributed by atoms with Crippen molar-refractivity contribution in [2.24, 2.45) is 11.7 Å². The number of hydrogen-bond donors (Lipinski definition) is 1. The number of piperidine rings is 1. The van der Waals surface area contributed by atoms with E-state index < -0.39 is 0 Å². The fraction of sp³-hybridized carbons (Fsp3) is 0.200. The molecule has 0 aliphatic carbocycles. The smallest absolute Gasteiger partial charge is 0.259 e. The van der Waals surface area contributed by atoms with Gasteiger partial charge in [0.15, 0.2) is 5.65 Å². The summed E-state index contributed by atoms with van der Waals surface area (Å²) < 4.78 is 1.73.